The number of hydrogen-bond donors (Lipinski definition) is 1. The van der Waals surface area contributed by atoms with Gasteiger partial charge in [0, 0.05) is 13.0 Å². The third-order valence-corrected chi connectivity index (χ3v) is 3.47. The summed E-state index contributed by atoms with van der Waals surface area (Å²) in [5.74, 6) is 0.622. The Morgan fingerprint density at radius 2 is 2.44 bits per heavy atom. The van der Waals surface area contributed by atoms with Gasteiger partial charge in [-0.05, 0) is 38.5 Å². The van der Waals surface area contributed by atoms with E-state index >= 15 is 0 Å². The summed E-state index contributed by atoms with van der Waals surface area (Å²) in [5, 5.41) is 3.05. The molecule has 1 saturated heterocycles. The van der Waals surface area contributed by atoms with Crippen LogP contribution < -0.4 is 5.32 Å². The Morgan fingerprint density at radius 1 is 1.56 bits per heavy atom. The molecule has 0 bridgehead atoms. The quantitative estimate of drug-likeness (QED) is 0.741. The molecule has 1 fully saturated rings. The topological polar surface area (TPSA) is 38.3 Å². The summed E-state index contributed by atoms with van der Waals surface area (Å²) in [7, 11) is 0. The van der Waals surface area contributed by atoms with E-state index in [0.29, 0.717) is 12.3 Å². The second-order valence-corrected chi connectivity index (χ2v) is 4.88. The van der Waals surface area contributed by atoms with Crippen molar-refractivity contribution in [3.05, 3.63) is 12.2 Å². The molecule has 1 aliphatic carbocycles. The van der Waals surface area contributed by atoms with Gasteiger partial charge >= 0.3 is 0 Å². The fourth-order valence-corrected chi connectivity index (χ4v) is 2.51. The van der Waals surface area contributed by atoms with E-state index < -0.39 is 0 Å². The first-order chi connectivity index (χ1) is 7.75. The van der Waals surface area contributed by atoms with Crippen LogP contribution in [0.1, 0.15) is 39.0 Å². The van der Waals surface area contributed by atoms with Crippen molar-refractivity contribution in [2.75, 3.05) is 6.61 Å². The molecular weight excluding hydrogens is 202 g/mol. The van der Waals surface area contributed by atoms with Crippen LogP contribution in [0.15, 0.2) is 12.2 Å². The molecule has 0 aromatic rings. The molecule has 3 heteroatoms. The van der Waals surface area contributed by atoms with Gasteiger partial charge in [0.15, 0.2) is 0 Å². The van der Waals surface area contributed by atoms with Crippen LogP contribution in [0.25, 0.3) is 0 Å². The zero-order chi connectivity index (χ0) is 11.4. The van der Waals surface area contributed by atoms with Crippen LogP contribution in [-0.2, 0) is 9.53 Å². The summed E-state index contributed by atoms with van der Waals surface area (Å²) >= 11 is 0. The van der Waals surface area contributed by atoms with Gasteiger partial charge in [0.1, 0.15) is 0 Å². The van der Waals surface area contributed by atoms with Gasteiger partial charge in [0.25, 0.3) is 0 Å². The van der Waals surface area contributed by atoms with Gasteiger partial charge in [-0.25, -0.2) is 0 Å². The number of allylic oxidation sites excluding steroid dienone is 2. The van der Waals surface area contributed by atoms with Gasteiger partial charge in [-0.15, -0.1) is 0 Å². The van der Waals surface area contributed by atoms with E-state index in [0.717, 1.165) is 32.3 Å². The minimum Gasteiger partial charge on any atom is -0.376 e. The normalized spacial score (nSPS) is 30.6. The lowest BCUT2D eigenvalue weighted by molar-refractivity contribution is -0.123. The Labute approximate surface area is 97.2 Å². The molecule has 0 aromatic heterocycles. The third-order valence-electron chi connectivity index (χ3n) is 3.47. The number of nitrogens with one attached hydrogen (secondary N) is 1. The van der Waals surface area contributed by atoms with Gasteiger partial charge in [-0.1, -0.05) is 12.2 Å². The fraction of sp³-hybridized carbons (Fsp3) is 0.769. The van der Waals surface area contributed by atoms with Crippen LogP contribution in [0.5, 0.6) is 0 Å². The Kier molecular flexibility index (Phi) is 3.99. The SMILES string of the molecule is C[C@H](NC(=O)C[C@H]1C=CCC1)[C@@H]1CCCO1. The lowest BCUT2D eigenvalue weighted by atomic mass is 10.0. The van der Waals surface area contributed by atoms with Crippen molar-refractivity contribution in [3.8, 4) is 0 Å². The number of ether oxygens (including phenoxy) is 1. The van der Waals surface area contributed by atoms with Crippen molar-refractivity contribution >= 4 is 5.91 Å². The van der Waals surface area contributed by atoms with Crippen molar-refractivity contribution in [2.24, 2.45) is 5.92 Å². The molecule has 2 rings (SSSR count). The Hall–Kier alpha value is -0.830. The molecule has 0 unspecified atom stereocenters. The highest BCUT2D eigenvalue weighted by Gasteiger charge is 2.24. The number of carbonyl (C=O) groups is 1. The van der Waals surface area contributed by atoms with Crippen molar-refractivity contribution in [1.29, 1.82) is 0 Å². The summed E-state index contributed by atoms with van der Waals surface area (Å²) in [4.78, 5) is 11.8. The number of amides is 1. The first-order valence-corrected chi connectivity index (χ1v) is 6.33. The molecular formula is C13H21NO2. The lowest BCUT2D eigenvalue weighted by Gasteiger charge is -2.20. The van der Waals surface area contributed by atoms with Gasteiger partial charge in [0.05, 0.1) is 12.1 Å². The molecule has 2 aliphatic rings. The maximum absolute atomic E-state index is 11.8. The molecule has 3 nitrogen and oxygen atoms in total. The second-order valence-electron chi connectivity index (χ2n) is 4.88. The Morgan fingerprint density at radius 3 is 3.06 bits per heavy atom. The van der Waals surface area contributed by atoms with Crippen LogP contribution in [0.4, 0.5) is 0 Å². The molecule has 0 radical (unpaired) electrons. The van der Waals surface area contributed by atoms with Gasteiger partial charge < -0.3 is 10.1 Å². The first-order valence-electron chi connectivity index (χ1n) is 6.33. The molecule has 1 N–H and O–H groups in total. The minimum absolute atomic E-state index is 0.153. The van der Waals surface area contributed by atoms with Crippen molar-refractivity contribution in [1.82, 2.24) is 5.32 Å². The maximum atomic E-state index is 11.8. The molecule has 0 aromatic carbocycles. The predicted molar refractivity (Wildman–Crippen MR) is 63.1 cm³/mol. The van der Waals surface area contributed by atoms with Gasteiger partial charge in [-0.3, -0.25) is 4.79 Å². The molecule has 90 valence electrons. The largest absolute Gasteiger partial charge is 0.376 e. The first kappa shape index (κ1) is 11.6. The molecule has 0 saturated carbocycles. The van der Waals surface area contributed by atoms with E-state index in [9.17, 15) is 4.79 Å². The number of hydrogen-bond acceptors (Lipinski definition) is 2. The van der Waals surface area contributed by atoms with Crippen LogP contribution in [0.2, 0.25) is 0 Å². The summed E-state index contributed by atoms with van der Waals surface area (Å²) in [5.41, 5.74) is 0. The van der Waals surface area contributed by atoms with E-state index in [1.54, 1.807) is 0 Å². The van der Waals surface area contributed by atoms with E-state index in [-0.39, 0.29) is 18.1 Å². The lowest BCUT2D eigenvalue weighted by Crippen LogP contribution is -2.41. The molecule has 16 heavy (non-hydrogen) atoms. The average molecular weight is 223 g/mol. The highest BCUT2D eigenvalue weighted by atomic mass is 16.5. The van der Waals surface area contributed by atoms with E-state index in [2.05, 4.69) is 17.5 Å². The number of rotatable bonds is 4. The van der Waals surface area contributed by atoms with Gasteiger partial charge in [-0.2, -0.15) is 0 Å². The third kappa shape index (κ3) is 3.08. The van der Waals surface area contributed by atoms with E-state index in [4.69, 9.17) is 4.74 Å². The summed E-state index contributed by atoms with van der Waals surface area (Å²) in [6.45, 7) is 2.88. The standard InChI is InChI=1S/C13H21NO2/c1-10(12-7-4-8-16-12)14-13(15)9-11-5-2-3-6-11/h2,5,10-12H,3-4,6-9H2,1H3,(H,14,15)/t10-,11-,12-/m0/s1. The maximum Gasteiger partial charge on any atom is 0.220 e. The Balaban J connectivity index is 1.71. The summed E-state index contributed by atoms with van der Waals surface area (Å²) in [6, 6.07) is 0.153. The minimum atomic E-state index is 0.153. The van der Waals surface area contributed by atoms with Crippen LogP contribution in [0.3, 0.4) is 0 Å². The van der Waals surface area contributed by atoms with Crippen molar-refractivity contribution in [2.45, 2.75) is 51.2 Å². The zero-order valence-electron chi connectivity index (χ0n) is 9.95. The van der Waals surface area contributed by atoms with E-state index in [1.165, 1.54) is 0 Å². The van der Waals surface area contributed by atoms with Crippen molar-refractivity contribution in [3.63, 3.8) is 0 Å². The summed E-state index contributed by atoms with van der Waals surface area (Å²) < 4.78 is 5.56. The van der Waals surface area contributed by atoms with Crippen LogP contribution in [-0.4, -0.2) is 24.7 Å². The molecule has 1 heterocycles. The molecule has 1 amide bonds. The van der Waals surface area contributed by atoms with E-state index in [1.807, 2.05) is 6.92 Å². The monoisotopic (exact) mass is 223 g/mol. The summed E-state index contributed by atoms with van der Waals surface area (Å²) in [6.07, 6.45) is 9.64. The molecule has 0 spiro atoms. The predicted octanol–water partition coefficient (Wildman–Crippen LogP) is 2.03. The second kappa shape index (κ2) is 5.48. The zero-order valence-corrected chi connectivity index (χ0v) is 9.95. The molecule has 1 aliphatic heterocycles. The highest BCUT2D eigenvalue weighted by Crippen LogP contribution is 2.20. The average Bonchev–Trinajstić information content (AvgIpc) is 2.88. The molecule has 3 atom stereocenters. The number of carbonyl (C=O) groups excluding carboxylic acids is 1. The van der Waals surface area contributed by atoms with Crippen molar-refractivity contribution < 1.29 is 9.53 Å². The fourth-order valence-electron chi connectivity index (χ4n) is 2.51. The van der Waals surface area contributed by atoms with Gasteiger partial charge in [0.2, 0.25) is 5.91 Å². The highest BCUT2D eigenvalue weighted by molar-refractivity contribution is 5.76. The van der Waals surface area contributed by atoms with Crippen LogP contribution >= 0.6 is 0 Å². The smallest absolute Gasteiger partial charge is 0.220 e. The van der Waals surface area contributed by atoms with Crippen LogP contribution in [0, 0.1) is 5.92 Å². The Bertz CT molecular complexity index is 269.